The summed E-state index contributed by atoms with van der Waals surface area (Å²) in [4.78, 5) is 0.276. The molecule has 1 aromatic carbocycles. The first kappa shape index (κ1) is 14.7. The van der Waals surface area contributed by atoms with Crippen molar-refractivity contribution in [1.29, 1.82) is 0 Å². The molecule has 4 nitrogen and oxygen atoms in total. The fourth-order valence-corrected chi connectivity index (χ4v) is 3.63. The first-order valence-electron chi connectivity index (χ1n) is 5.78. The average Bonchev–Trinajstić information content (AvgIpc) is 2.23. The molecule has 0 saturated heterocycles. The van der Waals surface area contributed by atoms with Gasteiger partial charge in [-0.1, -0.05) is 12.1 Å². The largest absolute Gasteiger partial charge is 0.398 e. The van der Waals surface area contributed by atoms with Crippen LogP contribution in [0.1, 0.15) is 24.5 Å². The Hall–Kier alpha value is -1.33. The Morgan fingerprint density at radius 3 is 2.61 bits per heavy atom. The van der Waals surface area contributed by atoms with Gasteiger partial charge in [-0.3, -0.25) is 0 Å². The van der Waals surface area contributed by atoms with Gasteiger partial charge in [0.1, 0.15) is 0 Å². The van der Waals surface area contributed by atoms with Gasteiger partial charge in [0.15, 0.2) is 0 Å². The van der Waals surface area contributed by atoms with Crippen LogP contribution in [-0.4, -0.2) is 14.5 Å². The number of nitrogen functional groups attached to an aromatic ring is 1. The number of nitrogens with one attached hydrogen (secondary N) is 1. The van der Waals surface area contributed by atoms with Crippen molar-refractivity contribution in [3.8, 4) is 0 Å². The van der Waals surface area contributed by atoms with Crippen molar-refractivity contribution in [1.82, 2.24) is 4.72 Å². The maximum atomic E-state index is 12.3. The highest BCUT2D eigenvalue weighted by atomic mass is 32.2. The van der Waals surface area contributed by atoms with Crippen LogP contribution in [0.3, 0.4) is 0 Å². The molecule has 0 amide bonds. The molecule has 3 N–H and O–H groups in total. The third-order valence-corrected chi connectivity index (χ3v) is 4.67. The molecule has 1 unspecified atom stereocenters. The molecule has 100 valence electrons. The molecule has 0 heterocycles. The summed E-state index contributed by atoms with van der Waals surface area (Å²) in [7, 11) is -3.54. The summed E-state index contributed by atoms with van der Waals surface area (Å²) in [5.74, 6) is 0. The van der Waals surface area contributed by atoms with Gasteiger partial charge in [-0.2, -0.15) is 0 Å². The van der Waals surface area contributed by atoms with E-state index >= 15 is 0 Å². The number of benzene rings is 1. The van der Waals surface area contributed by atoms with Gasteiger partial charge in [-0.05, 0) is 44.4 Å². The summed E-state index contributed by atoms with van der Waals surface area (Å²) >= 11 is 0. The van der Waals surface area contributed by atoms with E-state index in [-0.39, 0.29) is 10.9 Å². The lowest BCUT2D eigenvalue weighted by Gasteiger charge is -2.16. The van der Waals surface area contributed by atoms with E-state index in [0.29, 0.717) is 23.2 Å². The van der Waals surface area contributed by atoms with Crippen molar-refractivity contribution < 1.29 is 8.42 Å². The van der Waals surface area contributed by atoms with Crippen molar-refractivity contribution >= 4 is 15.7 Å². The van der Waals surface area contributed by atoms with E-state index < -0.39 is 10.0 Å². The molecule has 0 radical (unpaired) electrons. The molecule has 0 spiro atoms. The maximum Gasteiger partial charge on any atom is 0.241 e. The minimum Gasteiger partial charge on any atom is -0.398 e. The Morgan fingerprint density at radius 1 is 1.44 bits per heavy atom. The minimum absolute atomic E-state index is 0.187. The highest BCUT2D eigenvalue weighted by molar-refractivity contribution is 7.89. The zero-order chi connectivity index (χ0) is 13.9. The number of sulfonamides is 1. The molecular weight excluding hydrogens is 248 g/mol. The first-order valence-corrected chi connectivity index (χ1v) is 7.26. The summed E-state index contributed by atoms with van der Waals surface area (Å²) in [6.07, 6.45) is 2.27. The van der Waals surface area contributed by atoms with Crippen molar-refractivity contribution in [2.45, 2.75) is 38.1 Å². The number of hydrogen-bond donors (Lipinski definition) is 2. The fourth-order valence-electron chi connectivity index (χ4n) is 1.88. The van der Waals surface area contributed by atoms with Gasteiger partial charge in [0.05, 0.1) is 4.90 Å². The normalized spacial score (nSPS) is 13.3. The predicted octanol–water partition coefficient (Wildman–Crippen LogP) is 2.13. The molecule has 0 fully saturated rings. The molecule has 0 aromatic heterocycles. The van der Waals surface area contributed by atoms with E-state index in [1.165, 1.54) is 0 Å². The standard InChI is InChI=1S/C13H20N2O2S/c1-5-6-10(3)15-18(16,17)13-9(2)7-8-12(14)11(13)4/h5,7-8,10,15H,1,6,14H2,2-4H3. The van der Waals surface area contributed by atoms with Crippen LogP contribution >= 0.6 is 0 Å². The molecule has 0 aliphatic rings. The highest BCUT2D eigenvalue weighted by Gasteiger charge is 2.22. The number of nitrogens with two attached hydrogens (primary N) is 1. The van der Waals surface area contributed by atoms with E-state index in [1.807, 2.05) is 0 Å². The topological polar surface area (TPSA) is 72.2 Å². The van der Waals surface area contributed by atoms with Crippen molar-refractivity contribution in [2.75, 3.05) is 5.73 Å². The lowest BCUT2D eigenvalue weighted by molar-refractivity contribution is 0.561. The van der Waals surface area contributed by atoms with Gasteiger partial charge in [0.25, 0.3) is 0 Å². The van der Waals surface area contributed by atoms with Gasteiger partial charge in [0.2, 0.25) is 10.0 Å². The van der Waals surface area contributed by atoms with E-state index in [0.717, 1.165) is 0 Å². The minimum atomic E-state index is -3.54. The fraction of sp³-hybridized carbons (Fsp3) is 0.385. The molecule has 0 bridgehead atoms. The summed E-state index contributed by atoms with van der Waals surface area (Å²) in [5, 5.41) is 0. The van der Waals surface area contributed by atoms with Gasteiger partial charge < -0.3 is 5.73 Å². The zero-order valence-corrected chi connectivity index (χ0v) is 11.8. The van der Waals surface area contributed by atoms with E-state index in [2.05, 4.69) is 11.3 Å². The zero-order valence-electron chi connectivity index (χ0n) is 11.0. The van der Waals surface area contributed by atoms with Crippen LogP contribution in [0.15, 0.2) is 29.7 Å². The Kier molecular flexibility index (Phi) is 4.53. The molecule has 5 heteroatoms. The van der Waals surface area contributed by atoms with Crippen molar-refractivity contribution in [3.63, 3.8) is 0 Å². The summed E-state index contributed by atoms with van der Waals surface area (Å²) in [6.45, 7) is 8.88. The van der Waals surface area contributed by atoms with Gasteiger partial charge in [0, 0.05) is 11.7 Å². The van der Waals surface area contributed by atoms with Crippen LogP contribution < -0.4 is 10.5 Å². The van der Waals surface area contributed by atoms with Crippen LogP contribution in [0.4, 0.5) is 5.69 Å². The van der Waals surface area contributed by atoms with Crippen LogP contribution in [0, 0.1) is 13.8 Å². The molecular formula is C13H20N2O2S. The third-order valence-electron chi connectivity index (χ3n) is 2.79. The molecule has 0 aliphatic heterocycles. The maximum absolute atomic E-state index is 12.3. The van der Waals surface area contributed by atoms with Crippen molar-refractivity contribution in [3.05, 3.63) is 35.9 Å². The summed E-state index contributed by atoms with van der Waals surface area (Å²) in [5.41, 5.74) is 7.54. The van der Waals surface area contributed by atoms with Gasteiger partial charge in [-0.25, -0.2) is 13.1 Å². The van der Waals surface area contributed by atoms with E-state index in [1.54, 1.807) is 39.0 Å². The van der Waals surface area contributed by atoms with Gasteiger partial charge >= 0.3 is 0 Å². The summed E-state index contributed by atoms with van der Waals surface area (Å²) < 4.78 is 27.2. The van der Waals surface area contributed by atoms with E-state index in [4.69, 9.17) is 5.73 Å². The number of anilines is 1. The molecule has 1 atom stereocenters. The number of rotatable bonds is 5. The Bertz CT molecular complexity index is 550. The second-order valence-corrected chi connectivity index (χ2v) is 6.12. The smallest absolute Gasteiger partial charge is 0.241 e. The number of aryl methyl sites for hydroxylation is 1. The summed E-state index contributed by atoms with van der Waals surface area (Å²) in [6, 6.07) is 3.25. The third kappa shape index (κ3) is 3.11. The average molecular weight is 268 g/mol. The lowest BCUT2D eigenvalue weighted by Crippen LogP contribution is -2.33. The predicted molar refractivity (Wildman–Crippen MR) is 74.9 cm³/mol. The lowest BCUT2D eigenvalue weighted by atomic mass is 10.1. The quantitative estimate of drug-likeness (QED) is 0.634. The van der Waals surface area contributed by atoms with E-state index in [9.17, 15) is 8.42 Å². The number of hydrogen-bond acceptors (Lipinski definition) is 3. The molecule has 18 heavy (non-hydrogen) atoms. The van der Waals surface area contributed by atoms with Crippen molar-refractivity contribution in [2.24, 2.45) is 0 Å². The first-order chi connectivity index (χ1) is 8.29. The van der Waals surface area contributed by atoms with Crippen LogP contribution in [0.2, 0.25) is 0 Å². The Balaban J connectivity index is 3.21. The Morgan fingerprint density at radius 2 is 2.06 bits per heavy atom. The second kappa shape index (κ2) is 5.54. The molecule has 0 saturated carbocycles. The molecule has 0 aliphatic carbocycles. The van der Waals surface area contributed by atoms with Crippen LogP contribution in [0.25, 0.3) is 0 Å². The second-order valence-electron chi connectivity index (χ2n) is 4.47. The molecule has 1 aromatic rings. The monoisotopic (exact) mass is 268 g/mol. The van der Waals surface area contributed by atoms with Crippen LogP contribution in [0.5, 0.6) is 0 Å². The highest BCUT2D eigenvalue weighted by Crippen LogP contribution is 2.24. The Labute approximate surface area is 109 Å². The SMILES string of the molecule is C=CCC(C)NS(=O)(=O)c1c(C)ccc(N)c1C. The van der Waals surface area contributed by atoms with Crippen LogP contribution in [-0.2, 0) is 10.0 Å². The van der Waals surface area contributed by atoms with Gasteiger partial charge in [-0.15, -0.1) is 6.58 Å². The molecule has 1 rings (SSSR count).